The van der Waals surface area contributed by atoms with Gasteiger partial charge in [0, 0.05) is 11.3 Å². The number of hydrogen-bond donors (Lipinski definition) is 1. The number of hydrogen-bond acceptors (Lipinski definition) is 6. The van der Waals surface area contributed by atoms with E-state index in [1.807, 2.05) is 24.3 Å². The minimum Gasteiger partial charge on any atom is -0.399 e. The van der Waals surface area contributed by atoms with Gasteiger partial charge in [0.15, 0.2) is 5.04 Å². The number of aliphatic hydroxyl groups is 1. The Bertz CT molecular complexity index is 474. The summed E-state index contributed by atoms with van der Waals surface area (Å²) in [6.07, 6.45) is 0. The third-order valence-electron chi connectivity index (χ3n) is 2.39. The summed E-state index contributed by atoms with van der Waals surface area (Å²) in [6, 6.07) is 7.47. The van der Waals surface area contributed by atoms with Crippen molar-refractivity contribution in [3.8, 4) is 0 Å². The van der Waals surface area contributed by atoms with E-state index < -0.39 is 0 Å². The van der Waals surface area contributed by atoms with Crippen LogP contribution in [0, 0.1) is 0 Å². The lowest BCUT2D eigenvalue weighted by Crippen LogP contribution is -2.19. The van der Waals surface area contributed by atoms with Crippen LogP contribution in [0.5, 0.6) is 0 Å². The van der Waals surface area contributed by atoms with Gasteiger partial charge >= 0.3 is 0 Å². The van der Waals surface area contributed by atoms with Crippen LogP contribution < -0.4 is 0 Å². The minimum absolute atomic E-state index is 0.0578. The van der Waals surface area contributed by atoms with Crippen LogP contribution in [-0.2, 0) is 16.3 Å². The highest BCUT2D eigenvalue weighted by Crippen LogP contribution is 2.19. The van der Waals surface area contributed by atoms with Crippen molar-refractivity contribution in [1.29, 1.82) is 0 Å². The molecule has 0 amide bonds. The number of thioether (sulfide) groups is 1. The van der Waals surface area contributed by atoms with Crippen LogP contribution in [0.1, 0.15) is 11.1 Å². The highest BCUT2D eigenvalue weighted by atomic mass is 32.2. The minimum atomic E-state index is -0.0578. The summed E-state index contributed by atoms with van der Waals surface area (Å²) in [5.41, 5.74) is 2.17. The molecule has 0 bridgehead atoms. The van der Waals surface area contributed by atoms with Crippen LogP contribution in [0.4, 0.5) is 0 Å². The Hall–Kier alpha value is -1.53. The van der Waals surface area contributed by atoms with E-state index in [4.69, 9.17) is 9.68 Å². The Morgan fingerprint density at radius 1 is 1.56 bits per heavy atom. The van der Waals surface area contributed by atoms with Crippen molar-refractivity contribution < 1.29 is 14.8 Å². The van der Waals surface area contributed by atoms with E-state index in [1.165, 1.54) is 7.11 Å². The van der Waals surface area contributed by atoms with Crippen LogP contribution >= 0.6 is 11.8 Å². The quantitative estimate of drug-likeness (QED) is 0.664. The maximum absolute atomic E-state index is 9.36. The molecule has 0 unspecified atom stereocenters. The maximum atomic E-state index is 9.36. The lowest BCUT2D eigenvalue weighted by molar-refractivity contribution is 0.160. The molecule has 0 radical (unpaired) electrons. The molecule has 6 heteroatoms. The van der Waals surface area contributed by atoms with Crippen molar-refractivity contribution in [2.45, 2.75) is 6.61 Å². The summed E-state index contributed by atoms with van der Waals surface area (Å²) in [4.78, 5) is 9.94. The highest BCUT2D eigenvalue weighted by Gasteiger charge is 2.19. The van der Waals surface area contributed by atoms with Crippen molar-refractivity contribution in [3.63, 3.8) is 0 Å². The standard InChI is InChI=1S/C12H14N2O3S/c1-16-13-11(12-14-17-6-7-18-12)10-5-3-2-4-9(10)8-15/h2-5,15H,6-8H2,1H3/b13-11+. The van der Waals surface area contributed by atoms with Crippen LogP contribution in [-0.4, -0.2) is 35.3 Å². The summed E-state index contributed by atoms with van der Waals surface area (Å²) in [6.45, 7) is 0.536. The zero-order chi connectivity index (χ0) is 12.8. The Labute approximate surface area is 109 Å². The monoisotopic (exact) mass is 266 g/mol. The van der Waals surface area contributed by atoms with E-state index in [1.54, 1.807) is 11.8 Å². The fourth-order valence-corrected chi connectivity index (χ4v) is 2.34. The van der Waals surface area contributed by atoms with Crippen molar-refractivity contribution in [1.82, 2.24) is 0 Å². The molecule has 2 rings (SSSR count). The van der Waals surface area contributed by atoms with Crippen LogP contribution in [0.2, 0.25) is 0 Å². The first-order valence-corrected chi connectivity index (χ1v) is 6.48. The molecular weight excluding hydrogens is 252 g/mol. The zero-order valence-corrected chi connectivity index (χ0v) is 10.8. The molecule has 0 atom stereocenters. The summed E-state index contributed by atoms with van der Waals surface area (Å²) in [5.74, 6) is 0.822. The van der Waals surface area contributed by atoms with Crippen LogP contribution in [0.15, 0.2) is 34.6 Å². The van der Waals surface area contributed by atoms with Gasteiger partial charge in [-0.15, -0.1) is 0 Å². The van der Waals surface area contributed by atoms with Gasteiger partial charge in [-0.05, 0) is 5.56 Å². The Balaban J connectivity index is 2.41. The molecule has 0 aromatic heterocycles. The molecule has 5 nitrogen and oxygen atoms in total. The summed E-state index contributed by atoms with van der Waals surface area (Å²) in [7, 11) is 1.48. The molecule has 0 fully saturated rings. The lowest BCUT2D eigenvalue weighted by Gasteiger charge is -2.14. The zero-order valence-electron chi connectivity index (χ0n) is 10.00. The molecule has 1 aliphatic heterocycles. The van der Waals surface area contributed by atoms with Gasteiger partial charge in [-0.25, -0.2) is 0 Å². The van der Waals surface area contributed by atoms with E-state index in [2.05, 4.69) is 10.3 Å². The average Bonchev–Trinajstić information content (AvgIpc) is 2.46. The fourth-order valence-electron chi connectivity index (χ4n) is 1.60. The fraction of sp³-hybridized carbons (Fsp3) is 0.333. The molecule has 1 heterocycles. The highest BCUT2D eigenvalue weighted by molar-refractivity contribution is 8.15. The molecule has 18 heavy (non-hydrogen) atoms. The molecule has 1 aromatic carbocycles. The van der Waals surface area contributed by atoms with Crippen molar-refractivity contribution in [2.24, 2.45) is 10.3 Å². The van der Waals surface area contributed by atoms with Gasteiger partial charge in [0.1, 0.15) is 19.4 Å². The molecule has 0 saturated carbocycles. The summed E-state index contributed by atoms with van der Waals surface area (Å²) in [5, 5.41) is 18.0. The number of oxime groups is 2. The first-order chi connectivity index (χ1) is 8.86. The third kappa shape index (κ3) is 2.83. The molecule has 1 aliphatic rings. The first kappa shape index (κ1) is 12.9. The topological polar surface area (TPSA) is 63.4 Å². The van der Waals surface area contributed by atoms with Gasteiger partial charge in [0.25, 0.3) is 0 Å². The molecule has 0 aliphatic carbocycles. The second kappa shape index (κ2) is 6.42. The molecule has 1 aromatic rings. The second-order valence-electron chi connectivity index (χ2n) is 3.52. The van der Waals surface area contributed by atoms with E-state index >= 15 is 0 Å². The number of rotatable bonds is 4. The number of benzene rings is 1. The molecule has 96 valence electrons. The van der Waals surface area contributed by atoms with Crippen LogP contribution in [0.25, 0.3) is 0 Å². The second-order valence-corrected chi connectivity index (χ2v) is 4.60. The SMILES string of the molecule is CO/N=C(/C1=NOCCS1)c1ccccc1CO. The molecule has 1 N–H and O–H groups in total. The predicted molar refractivity (Wildman–Crippen MR) is 71.8 cm³/mol. The van der Waals surface area contributed by atoms with Gasteiger partial charge in [-0.1, -0.05) is 46.3 Å². The van der Waals surface area contributed by atoms with Gasteiger partial charge in [-0.2, -0.15) is 0 Å². The van der Waals surface area contributed by atoms with E-state index in [9.17, 15) is 5.11 Å². The Morgan fingerprint density at radius 2 is 2.39 bits per heavy atom. The Kier molecular flexibility index (Phi) is 4.60. The third-order valence-corrected chi connectivity index (χ3v) is 3.30. The predicted octanol–water partition coefficient (Wildman–Crippen LogP) is 1.61. The summed E-state index contributed by atoms with van der Waals surface area (Å²) < 4.78 is 0. The maximum Gasteiger partial charge on any atom is 0.165 e. The average molecular weight is 266 g/mol. The van der Waals surface area contributed by atoms with Crippen molar-refractivity contribution >= 4 is 22.5 Å². The van der Waals surface area contributed by atoms with E-state index in [0.717, 1.165) is 16.9 Å². The molecular formula is C12H14N2O3S. The normalized spacial score (nSPS) is 15.9. The largest absolute Gasteiger partial charge is 0.399 e. The van der Waals surface area contributed by atoms with Gasteiger partial charge in [-0.3, -0.25) is 0 Å². The number of nitrogens with zero attached hydrogens (tertiary/aromatic N) is 2. The first-order valence-electron chi connectivity index (χ1n) is 5.50. The number of aliphatic hydroxyl groups excluding tert-OH is 1. The lowest BCUT2D eigenvalue weighted by atomic mass is 10.0. The molecule has 0 saturated heterocycles. The van der Waals surface area contributed by atoms with Gasteiger partial charge in [0.2, 0.25) is 0 Å². The molecule has 0 spiro atoms. The van der Waals surface area contributed by atoms with Crippen molar-refractivity contribution in [3.05, 3.63) is 35.4 Å². The Morgan fingerprint density at radius 3 is 3.06 bits per heavy atom. The van der Waals surface area contributed by atoms with Crippen LogP contribution in [0.3, 0.4) is 0 Å². The summed E-state index contributed by atoms with van der Waals surface area (Å²) >= 11 is 1.56. The van der Waals surface area contributed by atoms with Gasteiger partial charge < -0.3 is 14.8 Å². The van der Waals surface area contributed by atoms with E-state index in [0.29, 0.717) is 17.4 Å². The van der Waals surface area contributed by atoms with Gasteiger partial charge in [0.05, 0.1) is 6.61 Å². The smallest absolute Gasteiger partial charge is 0.165 e. The van der Waals surface area contributed by atoms with E-state index in [-0.39, 0.29) is 6.61 Å². The van der Waals surface area contributed by atoms with Crippen molar-refractivity contribution in [2.75, 3.05) is 19.5 Å².